The summed E-state index contributed by atoms with van der Waals surface area (Å²) in [6, 6.07) is 18.0. The van der Waals surface area contributed by atoms with Gasteiger partial charge in [0.2, 0.25) is 0 Å². The van der Waals surface area contributed by atoms with Crippen molar-refractivity contribution in [1.29, 1.82) is 5.26 Å². The van der Waals surface area contributed by atoms with Gasteiger partial charge in [-0.25, -0.2) is 0 Å². The van der Waals surface area contributed by atoms with Crippen molar-refractivity contribution in [1.82, 2.24) is 15.1 Å². The number of pyridine rings is 1. The van der Waals surface area contributed by atoms with E-state index >= 15 is 0 Å². The number of aromatic amines is 1. The number of fused-ring (bicyclic) bond motifs is 1. The highest BCUT2D eigenvalue weighted by Gasteiger charge is 2.27. The molecule has 0 amide bonds. The third-order valence-corrected chi connectivity index (χ3v) is 5.45. The van der Waals surface area contributed by atoms with E-state index in [0.717, 1.165) is 33.2 Å². The topological polar surface area (TPSA) is 95.6 Å². The number of aromatic nitrogens is 3. The Bertz CT molecular complexity index is 1330. The number of nitrogens with zero attached hydrogens (tertiary/aromatic N) is 3. The van der Waals surface area contributed by atoms with Crippen molar-refractivity contribution < 1.29 is 4.52 Å². The maximum atomic E-state index is 12.2. The van der Waals surface area contributed by atoms with Crippen LogP contribution in [0.3, 0.4) is 0 Å². The van der Waals surface area contributed by atoms with Gasteiger partial charge in [-0.1, -0.05) is 36.3 Å². The summed E-state index contributed by atoms with van der Waals surface area (Å²) in [5, 5.41) is 14.8. The molecule has 6 nitrogen and oxygen atoms in total. The third kappa shape index (κ3) is 3.62. The van der Waals surface area contributed by atoms with Crippen LogP contribution in [-0.4, -0.2) is 15.1 Å². The van der Waals surface area contributed by atoms with Crippen molar-refractivity contribution >= 4 is 10.9 Å². The molecule has 0 radical (unpaired) electrons. The van der Waals surface area contributed by atoms with Gasteiger partial charge in [0.1, 0.15) is 0 Å². The molecule has 0 saturated heterocycles. The second kappa shape index (κ2) is 7.60. The van der Waals surface area contributed by atoms with Gasteiger partial charge >= 0.3 is 0 Å². The second-order valence-electron chi connectivity index (χ2n) is 7.75. The monoisotopic (exact) mass is 398 g/mol. The van der Waals surface area contributed by atoms with Crippen LogP contribution >= 0.6 is 0 Å². The van der Waals surface area contributed by atoms with Gasteiger partial charge in [-0.05, 0) is 67.5 Å². The largest absolute Gasteiger partial charge is 0.334 e. The number of nitriles is 1. The lowest BCUT2D eigenvalue weighted by molar-refractivity contribution is 0.425. The molecule has 2 aromatic heterocycles. The van der Waals surface area contributed by atoms with E-state index in [1.165, 1.54) is 0 Å². The van der Waals surface area contributed by atoms with Crippen LogP contribution in [0.25, 0.3) is 22.4 Å². The molecule has 0 aliphatic rings. The number of rotatable bonds is 5. The van der Waals surface area contributed by atoms with Crippen LogP contribution in [0, 0.1) is 18.3 Å². The van der Waals surface area contributed by atoms with E-state index < -0.39 is 5.41 Å². The highest BCUT2D eigenvalue weighted by Crippen LogP contribution is 2.31. The first kappa shape index (κ1) is 19.6. The quantitative estimate of drug-likeness (QED) is 0.535. The van der Waals surface area contributed by atoms with E-state index in [1.807, 2.05) is 62.4 Å². The first-order valence-corrected chi connectivity index (χ1v) is 9.89. The fraction of sp³-hybridized carbons (Fsp3) is 0.250. The normalized spacial score (nSPS) is 13.1. The number of hydrogen-bond acceptors (Lipinski definition) is 5. The molecule has 0 aliphatic heterocycles. The molecule has 0 saturated carbocycles. The minimum Gasteiger partial charge on any atom is -0.334 e. The van der Waals surface area contributed by atoms with Crippen LogP contribution < -0.4 is 5.56 Å². The molecule has 150 valence electrons. The number of H-pyrrole nitrogens is 1. The maximum absolute atomic E-state index is 12.2. The fourth-order valence-corrected chi connectivity index (χ4v) is 3.70. The molecule has 1 unspecified atom stereocenters. The summed E-state index contributed by atoms with van der Waals surface area (Å²) in [5.41, 5.74) is 3.32. The molecule has 0 spiro atoms. The number of hydrogen-bond donors (Lipinski definition) is 1. The minimum absolute atomic E-state index is 0.0802. The van der Waals surface area contributed by atoms with Crippen LogP contribution in [0.15, 0.2) is 57.8 Å². The molecule has 0 bridgehead atoms. The summed E-state index contributed by atoms with van der Waals surface area (Å²) < 4.78 is 5.26. The summed E-state index contributed by atoms with van der Waals surface area (Å²) in [5.74, 6) is 1.04. The van der Waals surface area contributed by atoms with Crippen molar-refractivity contribution in [2.75, 3.05) is 0 Å². The number of aryl methyl sites for hydroxylation is 2. The Hall–Kier alpha value is -3.72. The van der Waals surface area contributed by atoms with E-state index in [9.17, 15) is 10.1 Å². The molecular weight excluding hydrogens is 376 g/mol. The first-order chi connectivity index (χ1) is 14.4. The zero-order chi connectivity index (χ0) is 21.3. The van der Waals surface area contributed by atoms with Gasteiger partial charge in [0, 0.05) is 16.6 Å². The Morgan fingerprint density at radius 3 is 2.73 bits per heavy atom. The lowest BCUT2D eigenvalue weighted by atomic mass is 9.78. The first-order valence-electron chi connectivity index (χ1n) is 9.89. The Morgan fingerprint density at radius 2 is 2.03 bits per heavy atom. The van der Waals surface area contributed by atoms with Gasteiger partial charge < -0.3 is 9.51 Å². The summed E-state index contributed by atoms with van der Waals surface area (Å²) in [7, 11) is 0. The molecular formula is C24H22N4O2. The van der Waals surface area contributed by atoms with Crippen LogP contribution in [0.1, 0.15) is 36.4 Å². The van der Waals surface area contributed by atoms with Gasteiger partial charge in [-0.3, -0.25) is 4.79 Å². The molecule has 2 heterocycles. The predicted molar refractivity (Wildman–Crippen MR) is 115 cm³/mol. The zero-order valence-corrected chi connectivity index (χ0v) is 17.2. The summed E-state index contributed by atoms with van der Waals surface area (Å²) in [6.07, 6.45) is 1.19. The molecule has 4 rings (SSSR count). The van der Waals surface area contributed by atoms with Crippen molar-refractivity contribution in [2.45, 2.75) is 39.0 Å². The predicted octanol–water partition coefficient (Wildman–Crippen LogP) is 4.47. The van der Waals surface area contributed by atoms with E-state index in [0.29, 0.717) is 24.6 Å². The molecule has 0 aliphatic carbocycles. The summed E-state index contributed by atoms with van der Waals surface area (Å²) in [6.45, 7) is 5.65. The highest BCUT2D eigenvalue weighted by molar-refractivity contribution is 5.80. The minimum atomic E-state index is -0.766. The van der Waals surface area contributed by atoms with E-state index in [-0.39, 0.29) is 5.56 Å². The van der Waals surface area contributed by atoms with Gasteiger partial charge in [0.15, 0.2) is 5.82 Å². The molecule has 1 N–H and O–H groups in total. The molecule has 1 atom stereocenters. The average Bonchev–Trinajstić information content (AvgIpc) is 3.19. The van der Waals surface area contributed by atoms with E-state index in [2.05, 4.69) is 21.2 Å². The molecule has 0 fully saturated rings. The van der Waals surface area contributed by atoms with E-state index in [1.54, 1.807) is 6.92 Å². The summed E-state index contributed by atoms with van der Waals surface area (Å²) >= 11 is 0. The SMILES string of the molecule is CCc1cc2ccc(C(C)(C#N)Cc3cccc(-c4nc(C)no4)c3)cc2[nH]c1=O. The third-order valence-electron chi connectivity index (χ3n) is 5.45. The van der Waals surface area contributed by atoms with Crippen molar-refractivity contribution in [3.8, 4) is 17.5 Å². The van der Waals surface area contributed by atoms with Crippen LogP contribution in [-0.2, 0) is 18.3 Å². The second-order valence-corrected chi connectivity index (χ2v) is 7.75. The van der Waals surface area contributed by atoms with Gasteiger partial charge in [-0.2, -0.15) is 10.2 Å². The summed E-state index contributed by atoms with van der Waals surface area (Å²) in [4.78, 5) is 19.4. The van der Waals surface area contributed by atoms with Gasteiger partial charge in [0.25, 0.3) is 11.4 Å². The Balaban J connectivity index is 1.70. The van der Waals surface area contributed by atoms with Gasteiger partial charge in [-0.15, -0.1) is 0 Å². The maximum Gasteiger partial charge on any atom is 0.257 e. The van der Waals surface area contributed by atoms with Crippen LogP contribution in [0.4, 0.5) is 0 Å². The zero-order valence-electron chi connectivity index (χ0n) is 17.2. The Labute approximate surface area is 174 Å². The lowest BCUT2D eigenvalue weighted by Crippen LogP contribution is -2.23. The molecule has 2 aromatic carbocycles. The van der Waals surface area contributed by atoms with Crippen molar-refractivity contribution in [3.05, 3.63) is 81.4 Å². The molecule has 4 aromatic rings. The lowest BCUT2D eigenvalue weighted by Gasteiger charge is -2.23. The smallest absolute Gasteiger partial charge is 0.257 e. The van der Waals surface area contributed by atoms with Crippen LogP contribution in [0.5, 0.6) is 0 Å². The average molecular weight is 398 g/mol. The van der Waals surface area contributed by atoms with Crippen molar-refractivity contribution in [3.63, 3.8) is 0 Å². The Kier molecular flexibility index (Phi) is 4.96. The fourth-order valence-electron chi connectivity index (χ4n) is 3.70. The van der Waals surface area contributed by atoms with E-state index in [4.69, 9.17) is 4.52 Å². The standard InChI is InChI=1S/C24H22N4O2/c1-4-17-11-18-8-9-20(12-21(18)27-22(17)29)24(3,14-25)13-16-6-5-7-19(10-16)23-26-15(2)28-30-23/h5-12H,4,13H2,1-3H3,(H,27,29). The van der Waals surface area contributed by atoms with Crippen molar-refractivity contribution in [2.24, 2.45) is 0 Å². The molecule has 6 heteroatoms. The number of benzene rings is 2. The van der Waals surface area contributed by atoms with Crippen LogP contribution in [0.2, 0.25) is 0 Å². The molecule has 30 heavy (non-hydrogen) atoms. The number of nitrogens with one attached hydrogen (secondary N) is 1. The van der Waals surface area contributed by atoms with Gasteiger partial charge in [0.05, 0.1) is 11.5 Å². The highest BCUT2D eigenvalue weighted by atomic mass is 16.5. The Morgan fingerprint density at radius 1 is 1.20 bits per heavy atom.